The normalized spacial score (nSPS) is 18.4. The van der Waals surface area contributed by atoms with Crippen LogP contribution in [-0.2, 0) is 30.6 Å². The second kappa shape index (κ2) is 11.7. The van der Waals surface area contributed by atoms with E-state index in [1.54, 1.807) is 24.3 Å². The zero-order chi connectivity index (χ0) is 26.6. The fourth-order valence-corrected chi connectivity index (χ4v) is 8.07. The highest BCUT2D eigenvalue weighted by molar-refractivity contribution is 7.89. The van der Waals surface area contributed by atoms with Gasteiger partial charge in [-0.15, -0.1) is 0 Å². The number of benzene rings is 2. The molecule has 0 atom stereocenters. The predicted molar refractivity (Wildman–Crippen MR) is 143 cm³/mol. The van der Waals surface area contributed by atoms with Crippen LogP contribution >= 0.6 is 11.6 Å². The lowest BCUT2D eigenvalue weighted by atomic mass is 9.97. The van der Waals surface area contributed by atoms with E-state index >= 15 is 0 Å². The number of sulfonamides is 2. The fourth-order valence-electron chi connectivity index (χ4n) is 4.76. The number of hydrogen-bond acceptors (Lipinski definition) is 6. The van der Waals surface area contributed by atoms with Gasteiger partial charge >= 0.3 is 0 Å². The van der Waals surface area contributed by atoms with Crippen molar-refractivity contribution in [2.45, 2.75) is 42.8 Å². The van der Waals surface area contributed by atoms with Crippen molar-refractivity contribution in [3.63, 3.8) is 0 Å². The van der Waals surface area contributed by atoms with Crippen LogP contribution < -0.4 is 10.1 Å². The molecule has 0 spiro atoms. The minimum absolute atomic E-state index is 0.104. The fraction of sp³-hybridized carbons (Fsp3) is 0.480. The van der Waals surface area contributed by atoms with Crippen molar-refractivity contribution in [2.75, 3.05) is 38.6 Å². The summed E-state index contributed by atoms with van der Waals surface area (Å²) in [5.41, 5.74) is 0.889. The summed E-state index contributed by atoms with van der Waals surface area (Å²) in [6.45, 7) is 1.41. The highest BCUT2D eigenvalue weighted by Gasteiger charge is 2.32. The third-order valence-electron chi connectivity index (χ3n) is 6.84. The molecule has 202 valence electrons. The second-order valence-electron chi connectivity index (χ2n) is 9.38. The Morgan fingerprint density at radius 3 is 2.32 bits per heavy atom. The summed E-state index contributed by atoms with van der Waals surface area (Å²) < 4.78 is 60.2. The van der Waals surface area contributed by atoms with Gasteiger partial charge in [-0.2, -0.15) is 4.31 Å². The molecule has 9 nitrogen and oxygen atoms in total. The van der Waals surface area contributed by atoms with Crippen LogP contribution in [0.2, 0.25) is 5.02 Å². The molecule has 12 heteroatoms. The molecule has 2 fully saturated rings. The van der Waals surface area contributed by atoms with Crippen molar-refractivity contribution >= 4 is 43.2 Å². The summed E-state index contributed by atoms with van der Waals surface area (Å²) in [7, 11) is -5.78. The number of rotatable bonds is 8. The van der Waals surface area contributed by atoms with Crippen LogP contribution in [0.4, 0.5) is 5.69 Å². The van der Waals surface area contributed by atoms with E-state index in [0.717, 1.165) is 19.3 Å². The molecule has 0 bridgehead atoms. The minimum Gasteiger partial charge on any atom is -0.495 e. The summed E-state index contributed by atoms with van der Waals surface area (Å²) >= 11 is 5.98. The van der Waals surface area contributed by atoms with E-state index in [-0.39, 0.29) is 35.3 Å². The number of carbonyl (C=O) groups is 1. The van der Waals surface area contributed by atoms with Gasteiger partial charge in [0.2, 0.25) is 26.0 Å². The van der Waals surface area contributed by atoms with E-state index < -0.39 is 26.0 Å². The number of anilines is 1. The topological polar surface area (TPSA) is 113 Å². The molecule has 2 saturated heterocycles. The van der Waals surface area contributed by atoms with Crippen LogP contribution in [0, 0.1) is 5.92 Å². The smallest absolute Gasteiger partial charge is 0.243 e. The molecule has 2 aromatic carbocycles. The van der Waals surface area contributed by atoms with Crippen molar-refractivity contribution in [1.82, 2.24) is 8.61 Å². The summed E-state index contributed by atoms with van der Waals surface area (Å²) in [5, 5.41) is 3.29. The van der Waals surface area contributed by atoms with Gasteiger partial charge in [0.05, 0.1) is 23.4 Å². The molecule has 0 saturated carbocycles. The third-order valence-corrected chi connectivity index (χ3v) is 10.8. The lowest BCUT2D eigenvalue weighted by Crippen LogP contribution is -2.41. The first-order valence-corrected chi connectivity index (χ1v) is 15.7. The van der Waals surface area contributed by atoms with Crippen LogP contribution in [0.1, 0.15) is 37.7 Å². The van der Waals surface area contributed by atoms with E-state index in [4.69, 9.17) is 16.3 Å². The molecule has 2 aliphatic heterocycles. The lowest BCUT2D eigenvalue weighted by Gasteiger charge is -2.30. The molecule has 37 heavy (non-hydrogen) atoms. The number of nitrogens with zero attached hydrogens (tertiary/aromatic N) is 2. The van der Waals surface area contributed by atoms with Crippen molar-refractivity contribution in [1.29, 1.82) is 0 Å². The SMILES string of the molecule is COc1ccc(S(=O)(=O)N2CCCCC2)cc1NC(=O)C1CCN(S(=O)(=O)Cc2cccc(Cl)c2)CC1. The van der Waals surface area contributed by atoms with E-state index in [0.29, 0.717) is 42.3 Å². The predicted octanol–water partition coefficient (Wildman–Crippen LogP) is 3.70. The molecule has 2 aromatic rings. The Bertz CT molecular complexity index is 1340. The number of nitrogens with one attached hydrogen (secondary N) is 1. The first-order valence-electron chi connectivity index (χ1n) is 12.3. The maximum atomic E-state index is 13.1. The van der Waals surface area contributed by atoms with E-state index in [1.807, 2.05) is 0 Å². The Kier molecular flexibility index (Phi) is 8.80. The van der Waals surface area contributed by atoms with Gasteiger partial charge in [-0.1, -0.05) is 30.2 Å². The summed E-state index contributed by atoms with van der Waals surface area (Å²) in [6, 6.07) is 11.2. The largest absolute Gasteiger partial charge is 0.495 e. The average Bonchev–Trinajstić information content (AvgIpc) is 2.89. The van der Waals surface area contributed by atoms with Gasteiger partial charge in [-0.25, -0.2) is 21.1 Å². The average molecular weight is 570 g/mol. The van der Waals surface area contributed by atoms with Crippen molar-refractivity contribution in [3.05, 3.63) is 53.1 Å². The number of methoxy groups -OCH3 is 1. The van der Waals surface area contributed by atoms with Gasteiger partial charge < -0.3 is 10.1 Å². The maximum Gasteiger partial charge on any atom is 0.243 e. The zero-order valence-corrected chi connectivity index (χ0v) is 23.1. The third kappa shape index (κ3) is 6.64. The summed E-state index contributed by atoms with van der Waals surface area (Å²) in [5.74, 6) is -0.505. The van der Waals surface area contributed by atoms with Crippen molar-refractivity contribution in [3.8, 4) is 5.75 Å². The van der Waals surface area contributed by atoms with E-state index in [2.05, 4.69) is 5.32 Å². The number of carbonyl (C=O) groups excluding carboxylic acids is 1. The first-order chi connectivity index (χ1) is 17.6. The molecule has 2 heterocycles. The van der Waals surface area contributed by atoms with Gasteiger partial charge in [0.1, 0.15) is 5.75 Å². The molecule has 0 unspecified atom stereocenters. The van der Waals surface area contributed by atoms with Crippen LogP contribution in [0.3, 0.4) is 0 Å². The number of hydrogen-bond donors (Lipinski definition) is 1. The minimum atomic E-state index is -3.68. The number of halogens is 1. The Morgan fingerprint density at radius 1 is 0.973 bits per heavy atom. The maximum absolute atomic E-state index is 13.1. The Labute approximate surface area is 223 Å². The van der Waals surface area contributed by atoms with Crippen LogP contribution in [0.25, 0.3) is 0 Å². The standard InChI is InChI=1S/C25H32ClN3O6S2/c1-35-24-9-8-22(37(33,34)29-12-3-2-4-13-29)17-23(24)27-25(30)20-10-14-28(15-11-20)36(31,32)18-19-6-5-7-21(26)16-19/h5-9,16-17,20H,2-4,10-15,18H2,1H3,(H,27,30). The quantitative estimate of drug-likeness (QED) is 0.518. The van der Waals surface area contributed by atoms with Crippen LogP contribution in [-0.4, -0.2) is 64.6 Å². The molecule has 1 N–H and O–H groups in total. The zero-order valence-electron chi connectivity index (χ0n) is 20.7. The van der Waals surface area contributed by atoms with Crippen molar-refractivity contribution < 1.29 is 26.4 Å². The number of piperidine rings is 2. The molecule has 1 amide bonds. The Morgan fingerprint density at radius 2 is 1.68 bits per heavy atom. The lowest BCUT2D eigenvalue weighted by molar-refractivity contribution is -0.120. The van der Waals surface area contributed by atoms with Gasteiger partial charge in [-0.3, -0.25) is 4.79 Å². The molecular weight excluding hydrogens is 538 g/mol. The van der Waals surface area contributed by atoms with E-state index in [1.165, 1.54) is 33.9 Å². The van der Waals surface area contributed by atoms with Crippen LogP contribution in [0.15, 0.2) is 47.4 Å². The molecule has 4 rings (SSSR count). The van der Waals surface area contributed by atoms with Crippen LogP contribution in [0.5, 0.6) is 5.75 Å². The summed E-state index contributed by atoms with van der Waals surface area (Å²) in [4.78, 5) is 13.2. The van der Waals surface area contributed by atoms with Gasteiger partial charge in [0.15, 0.2) is 0 Å². The highest BCUT2D eigenvalue weighted by Crippen LogP contribution is 2.31. The molecular formula is C25H32ClN3O6S2. The number of ether oxygens (including phenoxy) is 1. The second-order valence-corrected chi connectivity index (χ2v) is 13.7. The Balaban J connectivity index is 1.41. The number of amides is 1. The first kappa shape index (κ1) is 27.8. The Hall–Kier alpha value is -2.18. The molecule has 0 aromatic heterocycles. The van der Waals surface area contributed by atoms with E-state index in [9.17, 15) is 21.6 Å². The monoisotopic (exact) mass is 569 g/mol. The molecule has 2 aliphatic rings. The highest BCUT2D eigenvalue weighted by atomic mass is 35.5. The molecule has 0 radical (unpaired) electrons. The van der Waals surface area contributed by atoms with Crippen molar-refractivity contribution in [2.24, 2.45) is 5.92 Å². The molecule has 0 aliphatic carbocycles. The van der Waals surface area contributed by atoms with Gasteiger partial charge in [0, 0.05) is 37.1 Å². The van der Waals surface area contributed by atoms with Gasteiger partial charge in [0.25, 0.3) is 0 Å². The van der Waals surface area contributed by atoms with Gasteiger partial charge in [-0.05, 0) is 61.6 Å². The summed E-state index contributed by atoms with van der Waals surface area (Å²) in [6.07, 6.45) is 3.37.